The summed E-state index contributed by atoms with van der Waals surface area (Å²) in [6.07, 6.45) is 1.48. The summed E-state index contributed by atoms with van der Waals surface area (Å²) in [5.41, 5.74) is 7.35. The number of hydrogen-bond donors (Lipinski definition) is 2. The Balaban J connectivity index is 2.28. The maximum absolute atomic E-state index is 12.2. The van der Waals surface area contributed by atoms with Gasteiger partial charge in [-0.1, -0.05) is 17.7 Å². The zero-order valence-electron chi connectivity index (χ0n) is 10.1. The number of anilines is 2. The van der Waals surface area contributed by atoms with E-state index in [2.05, 4.69) is 26.2 Å². The number of hydrogen-bond acceptors (Lipinski definition) is 3. The van der Waals surface area contributed by atoms with Crippen molar-refractivity contribution >= 4 is 44.9 Å². The standard InChI is InChI=1S/C13H11BrClN3O/c1-7-9(3-2-4-11(7)15)13(19)18-12-10(14)5-8(16)6-17-12/h2-6H,16H2,1H3,(H,17,18,19). The molecule has 0 aliphatic rings. The molecule has 6 heteroatoms. The number of aromatic nitrogens is 1. The lowest BCUT2D eigenvalue weighted by Crippen LogP contribution is -2.15. The Labute approximate surface area is 124 Å². The van der Waals surface area contributed by atoms with Crippen molar-refractivity contribution in [3.63, 3.8) is 0 Å². The van der Waals surface area contributed by atoms with E-state index in [0.717, 1.165) is 5.56 Å². The van der Waals surface area contributed by atoms with Crippen molar-refractivity contribution in [2.45, 2.75) is 6.92 Å². The normalized spacial score (nSPS) is 10.3. The van der Waals surface area contributed by atoms with Crippen molar-refractivity contribution in [2.24, 2.45) is 0 Å². The van der Waals surface area contributed by atoms with Crippen LogP contribution in [0.25, 0.3) is 0 Å². The fraction of sp³-hybridized carbons (Fsp3) is 0.0769. The van der Waals surface area contributed by atoms with Gasteiger partial charge in [0.15, 0.2) is 0 Å². The van der Waals surface area contributed by atoms with E-state index in [4.69, 9.17) is 17.3 Å². The van der Waals surface area contributed by atoms with Crippen LogP contribution in [0.3, 0.4) is 0 Å². The Bertz CT molecular complexity index is 646. The summed E-state index contributed by atoms with van der Waals surface area (Å²) in [5.74, 6) is 0.150. The van der Waals surface area contributed by atoms with Crippen molar-refractivity contribution in [1.29, 1.82) is 0 Å². The summed E-state index contributed by atoms with van der Waals surface area (Å²) in [7, 11) is 0. The molecule has 19 heavy (non-hydrogen) atoms. The number of nitrogen functional groups attached to an aromatic ring is 1. The number of pyridine rings is 1. The minimum atomic E-state index is -0.266. The molecule has 98 valence electrons. The first-order valence-electron chi connectivity index (χ1n) is 5.46. The van der Waals surface area contributed by atoms with Gasteiger partial charge in [-0.25, -0.2) is 4.98 Å². The first-order chi connectivity index (χ1) is 8.99. The maximum Gasteiger partial charge on any atom is 0.257 e. The molecule has 0 radical (unpaired) electrons. The molecule has 3 N–H and O–H groups in total. The molecule has 0 saturated heterocycles. The maximum atomic E-state index is 12.2. The zero-order chi connectivity index (χ0) is 14.0. The van der Waals surface area contributed by atoms with Crippen LogP contribution in [0.1, 0.15) is 15.9 Å². The molecule has 0 spiro atoms. The van der Waals surface area contributed by atoms with E-state index in [-0.39, 0.29) is 5.91 Å². The fourth-order valence-electron chi connectivity index (χ4n) is 1.57. The SMILES string of the molecule is Cc1c(Cl)cccc1C(=O)Nc1ncc(N)cc1Br. The largest absolute Gasteiger partial charge is 0.397 e. The number of amides is 1. The first-order valence-corrected chi connectivity index (χ1v) is 6.63. The molecule has 2 aromatic rings. The Morgan fingerprint density at radius 2 is 2.21 bits per heavy atom. The van der Waals surface area contributed by atoms with Gasteiger partial charge >= 0.3 is 0 Å². The number of nitrogens with two attached hydrogens (primary N) is 1. The van der Waals surface area contributed by atoms with Gasteiger partial charge in [-0.15, -0.1) is 0 Å². The van der Waals surface area contributed by atoms with Gasteiger partial charge in [-0.3, -0.25) is 4.79 Å². The molecule has 4 nitrogen and oxygen atoms in total. The van der Waals surface area contributed by atoms with Gasteiger partial charge in [0.1, 0.15) is 5.82 Å². The third-order valence-electron chi connectivity index (χ3n) is 2.61. The topological polar surface area (TPSA) is 68.0 Å². The molecule has 0 unspecified atom stereocenters. The summed E-state index contributed by atoms with van der Waals surface area (Å²) >= 11 is 9.29. The Hall–Kier alpha value is -1.59. The highest BCUT2D eigenvalue weighted by molar-refractivity contribution is 9.10. The summed E-state index contributed by atoms with van der Waals surface area (Å²) in [5, 5.41) is 3.26. The van der Waals surface area contributed by atoms with E-state index in [9.17, 15) is 4.79 Å². The van der Waals surface area contributed by atoms with E-state index in [0.29, 0.717) is 26.6 Å². The second kappa shape index (κ2) is 5.59. The van der Waals surface area contributed by atoms with Gasteiger partial charge in [0.2, 0.25) is 0 Å². The molecule has 0 atom stereocenters. The van der Waals surface area contributed by atoms with Crippen LogP contribution in [-0.2, 0) is 0 Å². The van der Waals surface area contributed by atoms with Crippen molar-refractivity contribution in [2.75, 3.05) is 11.1 Å². The predicted molar refractivity (Wildman–Crippen MR) is 80.5 cm³/mol. The second-order valence-electron chi connectivity index (χ2n) is 3.97. The lowest BCUT2D eigenvalue weighted by molar-refractivity contribution is 0.102. The minimum absolute atomic E-state index is 0.266. The Morgan fingerprint density at radius 1 is 1.47 bits per heavy atom. The molecule has 1 aromatic heterocycles. The quantitative estimate of drug-likeness (QED) is 0.877. The molecule has 0 aliphatic carbocycles. The Kier molecular flexibility index (Phi) is 4.07. The van der Waals surface area contributed by atoms with Crippen molar-refractivity contribution in [3.05, 3.63) is 51.1 Å². The third kappa shape index (κ3) is 3.05. The van der Waals surface area contributed by atoms with Gasteiger partial charge in [-0.2, -0.15) is 0 Å². The molecule has 0 aliphatic heterocycles. The first kappa shape index (κ1) is 13.8. The van der Waals surface area contributed by atoms with Gasteiger partial charge in [-0.05, 0) is 46.6 Å². The number of rotatable bonds is 2. The number of nitrogens with one attached hydrogen (secondary N) is 1. The summed E-state index contributed by atoms with van der Waals surface area (Å²) < 4.78 is 0.625. The van der Waals surface area contributed by atoms with Crippen LogP contribution in [0.5, 0.6) is 0 Å². The molecule has 1 amide bonds. The molecular weight excluding hydrogens is 330 g/mol. The van der Waals surface area contributed by atoms with Crippen LogP contribution in [0.15, 0.2) is 34.9 Å². The predicted octanol–water partition coefficient (Wildman–Crippen LogP) is 3.64. The van der Waals surface area contributed by atoms with Crippen molar-refractivity contribution < 1.29 is 4.79 Å². The number of benzene rings is 1. The monoisotopic (exact) mass is 339 g/mol. The van der Waals surface area contributed by atoms with Gasteiger partial charge in [0.05, 0.1) is 16.4 Å². The van der Waals surface area contributed by atoms with Gasteiger partial charge in [0.25, 0.3) is 5.91 Å². The summed E-state index contributed by atoms with van der Waals surface area (Å²) in [4.78, 5) is 16.2. The van der Waals surface area contributed by atoms with E-state index in [1.807, 2.05) is 0 Å². The molecule has 0 saturated carbocycles. The van der Waals surface area contributed by atoms with E-state index in [1.165, 1.54) is 6.20 Å². The highest BCUT2D eigenvalue weighted by atomic mass is 79.9. The van der Waals surface area contributed by atoms with E-state index < -0.39 is 0 Å². The third-order valence-corrected chi connectivity index (χ3v) is 3.62. The van der Waals surface area contributed by atoms with Crippen LogP contribution in [0.4, 0.5) is 11.5 Å². The number of nitrogens with zero attached hydrogens (tertiary/aromatic N) is 1. The highest BCUT2D eigenvalue weighted by Gasteiger charge is 2.13. The van der Waals surface area contributed by atoms with Crippen LogP contribution in [0, 0.1) is 6.92 Å². The van der Waals surface area contributed by atoms with Crippen LogP contribution >= 0.6 is 27.5 Å². The lowest BCUT2D eigenvalue weighted by Gasteiger charge is -2.09. The van der Waals surface area contributed by atoms with Crippen LogP contribution in [-0.4, -0.2) is 10.9 Å². The van der Waals surface area contributed by atoms with Crippen molar-refractivity contribution in [3.8, 4) is 0 Å². The van der Waals surface area contributed by atoms with Crippen LogP contribution in [0.2, 0.25) is 5.02 Å². The molecular formula is C13H11BrClN3O. The fourth-order valence-corrected chi connectivity index (χ4v) is 2.21. The highest BCUT2D eigenvalue weighted by Crippen LogP contribution is 2.24. The smallest absolute Gasteiger partial charge is 0.257 e. The molecule has 1 aromatic carbocycles. The lowest BCUT2D eigenvalue weighted by atomic mass is 10.1. The number of carbonyl (C=O) groups is 1. The summed E-state index contributed by atoms with van der Waals surface area (Å²) in [6.45, 7) is 1.79. The molecule has 0 bridgehead atoms. The number of carbonyl (C=O) groups excluding carboxylic acids is 1. The van der Waals surface area contributed by atoms with Gasteiger partial charge in [0, 0.05) is 10.6 Å². The van der Waals surface area contributed by atoms with Gasteiger partial charge < -0.3 is 11.1 Å². The summed E-state index contributed by atoms with van der Waals surface area (Å²) in [6, 6.07) is 6.86. The van der Waals surface area contributed by atoms with E-state index in [1.54, 1.807) is 31.2 Å². The van der Waals surface area contributed by atoms with E-state index >= 15 is 0 Å². The Morgan fingerprint density at radius 3 is 2.89 bits per heavy atom. The second-order valence-corrected chi connectivity index (χ2v) is 5.23. The number of halogens is 2. The molecule has 1 heterocycles. The zero-order valence-corrected chi connectivity index (χ0v) is 12.4. The molecule has 2 rings (SSSR count). The minimum Gasteiger partial charge on any atom is -0.397 e. The molecule has 0 fully saturated rings. The van der Waals surface area contributed by atoms with Crippen LogP contribution < -0.4 is 11.1 Å². The average molecular weight is 341 g/mol. The average Bonchev–Trinajstić information content (AvgIpc) is 2.36. The van der Waals surface area contributed by atoms with Crippen molar-refractivity contribution in [1.82, 2.24) is 4.98 Å².